The van der Waals surface area contributed by atoms with Crippen molar-refractivity contribution in [1.29, 1.82) is 0 Å². The standard InChI is InChI=1S/C19H27N3O3S.HI/c1-3-20-19(21-11-7-10-18(24)25-4-2)22-13-15(23)17-12-14-8-5-6-9-16(14)26-17;/h5-6,8-9,12,15,23H,3-4,7,10-11,13H2,1-2H3,(H2,20,21,22);1H. The number of hydrogen-bond acceptors (Lipinski definition) is 5. The highest BCUT2D eigenvalue weighted by Crippen LogP contribution is 2.29. The van der Waals surface area contributed by atoms with E-state index in [4.69, 9.17) is 4.74 Å². The number of aliphatic hydroxyl groups excluding tert-OH is 1. The van der Waals surface area contributed by atoms with Crippen LogP contribution in [0.15, 0.2) is 35.3 Å². The lowest BCUT2D eigenvalue weighted by molar-refractivity contribution is -0.143. The van der Waals surface area contributed by atoms with E-state index in [1.807, 2.05) is 31.2 Å². The molecule has 0 amide bonds. The number of benzene rings is 1. The van der Waals surface area contributed by atoms with E-state index in [9.17, 15) is 9.90 Å². The fourth-order valence-corrected chi connectivity index (χ4v) is 3.49. The monoisotopic (exact) mass is 505 g/mol. The van der Waals surface area contributed by atoms with Crippen LogP contribution in [0.5, 0.6) is 0 Å². The van der Waals surface area contributed by atoms with Crippen molar-refractivity contribution in [2.45, 2.75) is 32.8 Å². The zero-order valence-corrected chi connectivity index (χ0v) is 18.9. The Morgan fingerprint density at radius 3 is 2.78 bits per heavy atom. The van der Waals surface area contributed by atoms with Gasteiger partial charge in [0, 0.05) is 29.1 Å². The van der Waals surface area contributed by atoms with Crippen LogP contribution in [-0.2, 0) is 9.53 Å². The molecule has 1 atom stereocenters. The Bertz CT molecular complexity index is 703. The molecule has 0 radical (unpaired) electrons. The van der Waals surface area contributed by atoms with Gasteiger partial charge in [0.15, 0.2) is 5.96 Å². The molecule has 1 unspecified atom stereocenters. The van der Waals surface area contributed by atoms with Crippen molar-refractivity contribution >= 4 is 57.3 Å². The summed E-state index contributed by atoms with van der Waals surface area (Å²) >= 11 is 1.59. The Kier molecular flexibility index (Phi) is 11.3. The van der Waals surface area contributed by atoms with Gasteiger partial charge in [-0.05, 0) is 37.8 Å². The number of aliphatic hydroxyl groups is 1. The number of carbonyl (C=O) groups excluding carboxylic acids is 1. The maximum Gasteiger partial charge on any atom is 0.305 e. The number of guanidine groups is 1. The third kappa shape index (κ3) is 8.02. The Morgan fingerprint density at radius 2 is 2.07 bits per heavy atom. The van der Waals surface area contributed by atoms with E-state index in [0.29, 0.717) is 32.0 Å². The lowest BCUT2D eigenvalue weighted by Gasteiger charge is -2.12. The first-order valence-corrected chi connectivity index (χ1v) is 9.80. The van der Waals surface area contributed by atoms with E-state index >= 15 is 0 Å². The van der Waals surface area contributed by atoms with Crippen LogP contribution in [0.2, 0.25) is 0 Å². The number of nitrogens with one attached hydrogen (secondary N) is 2. The quantitative estimate of drug-likeness (QED) is 0.160. The number of aliphatic imine (C=N–C) groups is 1. The summed E-state index contributed by atoms with van der Waals surface area (Å²) in [6.07, 6.45) is 0.412. The van der Waals surface area contributed by atoms with Gasteiger partial charge < -0.3 is 20.5 Å². The topological polar surface area (TPSA) is 83.0 Å². The average Bonchev–Trinajstić information content (AvgIpc) is 3.07. The van der Waals surface area contributed by atoms with Gasteiger partial charge in [0.2, 0.25) is 0 Å². The van der Waals surface area contributed by atoms with E-state index in [0.717, 1.165) is 21.5 Å². The summed E-state index contributed by atoms with van der Waals surface area (Å²) in [6, 6.07) is 10.1. The summed E-state index contributed by atoms with van der Waals surface area (Å²) in [5.74, 6) is 0.452. The lowest BCUT2D eigenvalue weighted by Crippen LogP contribution is -2.38. The van der Waals surface area contributed by atoms with Gasteiger partial charge in [0.1, 0.15) is 6.10 Å². The molecule has 0 bridgehead atoms. The minimum Gasteiger partial charge on any atom is -0.466 e. The normalized spacial score (nSPS) is 12.3. The highest BCUT2D eigenvalue weighted by atomic mass is 127. The summed E-state index contributed by atoms with van der Waals surface area (Å²) < 4.78 is 6.07. The molecular formula is C19H28IN3O3S. The molecule has 1 aromatic carbocycles. The molecule has 2 aromatic rings. The molecule has 0 saturated carbocycles. The fourth-order valence-electron chi connectivity index (χ4n) is 2.45. The average molecular weight is 505 g/mol. The first kappa shape index (κ1) is 23.6. The van der Waals surface area contributed by atoms with Crippen molar-refractivity contribution in [2.24, 2.45) is 4.99 Å². The molecule has 27 heavy (non-hydrogen) atoms. The van der Waals surface area contributed by atoms with Gasteiger partial charge in [-0.15, -0.1) is 35.3 Å². The molecule has 3 N–H and O–H groups in total. The molecule has 1 heterocycles. The number of hydrogen-bond donors (Lipinski definition) is 3. The third-order valence-corrected chi connectivity index (χ3v) is 4.91. The van der Waals surface area contributed by atoms with Gasteiger partial charge >= 0.3 is 5.97 Å². The van der Waals surface area contributed by atoms with Gasteiger partial charge in [0.25, 0.3) is 0 Å². The van der Waals surface area contributed by atoms with Crippen LogP contribution >= 0.6 is 35.3 Å². The SMILES string of the molecule is CCNC(=NCC(O)c1cc2ccccc2s1)NCCCC(=O)OCC.I. The molecular weight excluding hydrogens is 477 g/mol. The molecule has 0 saturated heterocycles. The highest BCUT2D eigenvalue weighted by molar-refractivity contribution is 14.0. The van der Waals surface area contributed by atoms with Gasteiger partial charge in [-0.2, -0.15) is 0 Å². The Balaban J connectivity index is 0.00000364. The number of halogens is 1. The zero-order chi connectivity index (χ0) is 18.8. The summed E-state index contributed by atoms with van der Waals surface area (Å²) in [7, 11) is 0. The molecule has 6 nitrogen and oxygen atoms in total. The molecule has 0 aliphatic carbocycles. The van der Waals surface area contributed by atoms with Crippen molar-refractivity contribution in [3.63, 3.8) is 0 Å². The fraction of sp³-hybridized carbons (Fsp3) is 0.474. The second kappa shape index (κ2) is 12.9. The van der Waals surface area contributed by atoms with Crippen LogP contribution in [-0.4, -0.2) is 43.3 Å². The molecule has 8 heteroatoms. The lowest BCUT2D eigenvalue weighted by atomic mass is 10.2. The van der Waals surface area contributed by atoms with Crippen LogP contribution in [0.4, 0.5) is 0 Å². The zero-order valence-electron chi connectivity index (χ0n) is 15.7. The number of thiophene rings is 1. The molecule has 0 fully saturated rings. The van der Waals surface area contributed by atoms with Crippen molar-refractivity contribution in [2.75, 3.05) is 26.2 Å². The number of rotatable bonds is 9. The van der Waals surface area contributed by atoms with E-state index in [1.165, 1.54) is 0 Å². The van der Waals surface area contributed by atoms with E-state index in [-0.39, 0.29) is 36.5 Å². The molecule has 0 aliphatic heterocycles. The smallest absolute Gasteiger partial charge is 0.305 e. The van der Waals surface area contributed by atoms with Crippen molar-refractivity contribution < 1.29 is 14.6 Å². The molecule has 0 spiro atoms. The first-order valence-electron chi connectivity index (χ1n) is 8.98. The van der Waals surface area contributed by atoms with Gasteiger partial charge in [0.05, 0.1) is 13.2 Å². The maximum atomic E-state index is 11.3. The second-order valence-electron chi connectivity index (χ2n) is 5.76. The first-order chi connectivity index (χ1) is 12.6. The Labute approximate surface area is 181 Å². The number of nitrogens with zero attached hydrogens (tertiary/aromatic N) is 1. The molecule has 2 rings (SSSR count). The third-order valence-electron chi connectivity index (χ3n) is 3.70. The minimum atomic E-state index is -0.637. The van der Waals surface area contributed by atoms with Gasteiger partial charge in [-0.3, -0.25) is 9.79 Å². The van der Waals surface area contributed by atoms with E-state index in [2.05, 4.69) is 21.7 Å². The van der Waals surface area contributed by atoms with Gasteiger partial charge in [-0.1, -0.05) is 18.2 Å². The number of fused-ring (bicyclic) bond motifs is 1. The van der Waals surface area contributed by atoms with Crippen molar-refractivity contribution in [3.05, 3.63) is 35.2 Å². The predicted octanol–water partition coefficient (Wildman–Crippen LogP) is 3.45. The summed E-state index contributed by atoms with van der Waals surface area (Å²) in [5, 5.41) is 17.9. The Morgan fingerprint density at radius 1 is 1.30 bits per heavy atom. The van der Waals surface area contributed by atoms with Gasteiger partial charge in [-0.25, -0.2) is 0 Å². The van der Waals surface area contributed by atoms with Crippen LogP contribution in [0, 0.1) is 0 Å². The molecule has 150 valence electrons. The van der Waals surface area contributed by atoms with Crippen molar-refractivity contribution in [1.82, 2.24) is 10.6 Å². The summed E-state index contributed by atoms with van der Waals surface area (Å²) in [4.78, 5) is 16.7. The molecule has 0 aliphatic rings. The summed E-state index contributed by atoms with van der Waals surface area (Å²) in [5.41, 5.74) is 0. The van der Waals surface area contributed by atoms with Crippen LogP contribution in [0.25, 0.3) is 10.1 Å². The van der Waals surface area contributed by atoms with Crippen LogP contribution in [0.3, 0.4) is 0 Å². The highest BCUT2D eigenvalue weighted by Gasteiger charge is 2.11. The number of ether oxygens (including phenoxy) is 1. The van der Waals surface area contributed by atoms with Crippen LogP contribution < -0.4 is 10.6 Å². The molecule has 1 aromatic heterocycles. The largest absolute Gasteiger partial charge is 0.466 e. The number of carbonyl (C=O) groups is 1. The maximum absolute atomic E-state index is 11.3. The van der Waals surface area contributed by atoms with Crippen LogP contribution in [0.1, 0.15) is 37.7 Å². The summed E-state index contributed by atoms with van der Waals surface area (Å²) in [6.45, 7) is 5.81. The van der Waals surface area contributed by atoms with E-state index in [1.54, 1.807) is 18.3 Å². The predicted molar refractivity (Wildman–Crippen MR) is 122 cm³/mol. The van der Waals surface area contributed by atoms with Crippen molar-refractivity contribution in [3.8, 4) is 0 Å². The Hall–Kier alpha value is -1.39. The minimum absolute atomic E-state index is 0. The number of esters is 1. The second-order valence-corrected chi connectivity index (χ2v) is 6.87. The van der Waals surface area contributed by atoms with E-state index < -0.39 is 6.10 Å².